The lowest BCUT2D eigenvalue weighted by molar-refractivity contribution is 0.0692. The monoisotopic (exact) mass is 416 g/mol. The van der Waals surface area contributed by atoms with E-state index in [1.165, 1.54) is 4.31 Å². The van der Waals surface area contributed by atoms with E-state index in [1.54, 1.807) is 31.0 Å². The van der Waals surface area contributed by atoms with E-state index in [0.29, 0.717) is 24.5 Å². The topological polar surface area (TPSA) is 99.5 Å². The number of aromatic amines is 1. The summed E-state index contributed by atoms with van der Waals surface area (Å²) < 4.78 is 32.6. The number of carbonyl (C=O) groups excluding carboxylic acids is 1. The van der Waals surface area contributed by atoms with Gasteiger partial charge in [-0.2, -0.15) is 4.31 Å². The van der Waals surface area contributed by atoms with Gasteiger partial charge in [0.05, 0.1) is 0 Å². The van der Waals surface area contributed by atoms with Crippen LogP contribution in [0.25, 0.3) is 0 Å². The molecule has 0 unspecified atom stereocenters. The Hall–Kier alpha value is -1.65. The lowest BCUT2D eigenvalue weighted by Gasteiger charge is -2.33. The Kier molecular flexibility index (Phi) is 4.54. The number of H-pyrrole nitrogens is 1. The molecule has 8 nitrogen and oxygen atoms in total. The molecule has 3 heterocycles. The number of hydrogen-bond acceptors (Lipinski definition) is 5. The number of rotatable bonds is 3. The van der Waals surface area contributed by atoms with Crippen LogP contribution in [0.2, 0.25) is 0 Å². The number of sulfonamides is 1. The first kappa shape index (κ1) is 17.2. The van der Waals surface area contributed by atoms with E-state index >= 15 is 0 Å². The zero-order valence-corrected chi connectivity index (χ0v) is 15.6. The molecule has 1 amide bonds. The van der Waals surface area contributed by atoms with Gasteiger partial charge in [0.1, 0.15) is 16.3 Å². The Bertz CT molecular complexity index is 846. The van der Waals surface area contributed by atoms with Gasteiger partial charge in [-0.1, -0.05) is 5.16 Å². The van der Waals surface area contributed by atoms with Crippen LogP contribution in [0.1, 0.15) is 21.9 Å². The van der Waals surface area contributed by atoms with E-state index in [4.69, 9.17) is 4.52 Å². The molecule has 1 saturated heterocycles. The lowest BCUT2D eigenvalue weighted by atomic mass is 10.3. The lowest BCUT2D eigenvalue weighted by Crippen LogP contribution is -2.50. The zero-order valence-electron chi connectivity index (χ0n) is 13.2. The fraction of sp³-hybridized carbons (Fsp3) is 0.429. The minimum absolute atomic E-state index is 0.121. The molecule has 130 valence electrons. The first-order chi connectivity index (χ1) is 11.3. The number of amides is 1. The van der Waals surface area contributed by atoms with E-state index in [9.17, 15) is 13.2 Å². The number of carbonyl (C=O) groups is 1. The number of hydrogen-bond donors (Lipinski definition) is 1. The molecule has 0 radical (unpaired) electrons. The summed E-state index contributed by atoms with van der Waals surface area (Å²) in [7, 11) is -3.67. The van der Waals surface area contributed by atoms with Gasteiger partial charge in [-0.3, -0.25) is 4.79 Å². The molecule has 1 aliphatic rings. The van der Waals surface area contributed by atoms with Crippen molar-refractivity contribution in [1.82, 2.24) is 19.3 Å². The third kappa shape index (κ3) is 3.01. The number of halogens is 1. The molecule has 0 spiro atoms. The van der Waals surface area contributed by atoms with E-state index in [-0.39, 0.29) is 29.7 Å². The van der Waals surface area contributed by atoms with Gasteiger partial charge in [-0.25, -0.2) is 8.42 Å². The molecular formula is C14H17BrN4O4S. The largest absolute Gasteiger partial charge is 0.360 e. The highest BCUT2D eigenvalue weighted by atomic mass is 79.9. The van der Waals surface area contributed by atoms with Gasteiger partial charge < -0.3 is 14.4 Å². The highest BCUT2D eigenvalue weighted by Crippen LogP contribution is 2.24. The quantitative estimate of drug-likeness (QED) is 0.817. The molecule has 1 fully saturated rings. The van der Waals surface area contributed by atoms with Crippen molar-refractivity contribution < 1.29 is 17.7 Å². The van der Waals surface area contributed by atoms with Crippen molar-refractivity contribution in [3.8, 4) is 0 Å². The Morgan fingerprint density at radius 1 is 1.29 bits per heavy atom. The third-order valence-corrected chi connectivity index (χ3v) is 6.57. The molecule has 0 aliphatic carbocycles. The Labute approximate surface area is 148 Å². The number of nitrogens with one attached hydrogen (secondary N) is 1. The summed E-state index contributed by atoms with van der Waals surface area (Å²) in [5.41, 5.74) is 0.825. The fourth-order valence-corrected chi connectivity index (χ4v) is 4.82. The van der Waals surface area contributed by atoms with Gasteiger partial charge in [0.15, 0.2) is 5.76 Å². The van der Waals surface area contributed by atoms with Gasteiger partial charge in [0.2, 0.25) is 10.0 Å². The molecule has 10 heteroatoms. The Balaban J connectivity index is 1.72. The second-order valence-electron chi connectivity index (χ2n) is 5.58. The normalized spacial score (nSPS) is 16.5. The van der Waals surface area contributed by atoms with Gasteiger partial charge in [0.25, 0.3) is 5.91 Å². The molecular weight excluding hydrogens is 400 g/mol. The van der Waals surface area contributed by atoms with Crippen LogP contribution in [-0.2, 0) is 10.0 Å². The van der Waals surface area contributed by atoms with Crippen molar-refractivity contribution in [2.75, 3.05) is 26.2 Å². The molecule has 0 atom stereocenters. The summed E-state index contributed by atoms with van der Waals surface area (Å²) in [6.45, 7) is 4.32. The van der Waals surface area contributed by atoms with Crippen molar-refractivity contribution in [1.29, 1.82) is 0 Å². The maximum Gasteiger partial charge on any atom is 0.270 e. The summed E-state index contributed by atoms with van der Waals surface area (Å²) in [5.74, 6) is 0.136. The van der Waals surface area contributed by atoms with Crippen LogP contribution < -0.4 is 0 Å². The Morgan fingerprint density at radius 2 is 1.96 bits per heavy atom. The fourth-order valence-electron chi connectivity index (χ4n) is 2.77. The highest BCUT2D eigenvalue weighted by Gasteiger charge is 2.34. The molecule has 1 N–H and O–H groups in total. The first-order valence-corrected chi connectivity index (χ1v) is 9.60. The van der Waals surface area contributed by atoms with Crippen LogP contribution in [0.4, 0.5) is 0 Å². The smallest absolute Gasteiger partial charge is 0.270 e. The summed E-state index contributed by atoms with van der Waals surface area (Å²) >= 11 is 3.29. The highest BCUT2D eigenvalue weighted by molar-refractivity contribution is 9.10. The van der Waals surface area contributed by atoms with Gasteiger partial charge in [0, 0.05) is 36.8 Å². The minimum Gasteiger partial charge on any atom is -0.360 e. The predicted octanol–water partition coefficient (Wildman–Crippen LogP) is 1.53. The summed E-state index contributed by atoms with van der Waals surface area (Å²) in [5, 5.41) is 3.71. The van der Waals surface area contributed by atoms with E-state index in [0.717, 1.165) is 4.47 Å². The first-order valence-electron chi connectivity index (χ1n) is 7.37. The molecule has 0 aromatic carbocycles. The molecule has 0 saturated carbocycles. The number of aromatic nitrogens is 2. The van der Waals surface area contributed by atoms with Crippen molar-refractivity contribution in [2.45, 2.75) is 18.7 Å². The molecule has 3 rings (SSSR count). The minimum atomic E-state index is -3.67. The standard InChI is InChI=1S/C14H17BrN4O4S/c1-9-13(10(2)23-17-9)24(21,22)19-5-3-18(4-6-19)14(20)12-7-11(15)8-16-12/h7-8,16H,3-6H2,1-2H3. The van der Waals surface area contributed by atoms with Crippen LogP contribution in [0.15, 0.2) is 26.2 Å². The SMILES string of the molecule is Cc1noc(C)c1S(=O)(=O)N1CCN(C(=O)c2cc(Br)c[nH]2)CC1. The average molecular weight is 417 g/mol. The van der Waals surface area contributed by atoms with E-state index in [1.807, 2.05) is 0 Å². The van der Waals surface area contributed by atoms with Crippen molar-refractivity contribution in [3.63, 3.8) is 0 Å². The van der Waals surface area contributed by atoms with E-state index in [2.05, 4.69) is 26.1 Å². The third-order valence-electron chi connectivity index (χ3n) is 3.97. The number of piperazine rings is 1. The molecule has 1 aliphatic heterocycles. The van der Waals surface area contributed by atoms with Crippen LogP contribution in [0, 0.1) is 13.8 Å². The second-order valence-corrected chi connectivity index (χ2v) is 8.37. The van der Waals surface area contributed by atoms with Gasteiger partial charge in [-0.15, -0.1) is 0 Å². The van der Waals surface area contributed by atoms with Crippen LogP contribution in [0.5, 0.6) is 0 Å². The summed E-state index contributed by atoms with van der Waals surface area (Å²) in [6.07, 6.45) is 1.69. The van der Waals surface area contributed by atoms with Gasteiger partial charge >= 0.3 is 0 Å². The molecule has 2 aromatic rings. The molecule has 2 aromatic heterocycles. The van der Waals surface area contributed by atoms with Crippen LogP contribution >= 0.6 is 15.9 Å². The van der Waals surface area contributed by atoms with Crippen LogP contribution in [-0.4, -0.2) is 59.8 Å². The van der Waals surface area contributed by atoms with Crippen molar-refractivity contribution in [3.05, 3.63) is 33.9 Å². The molecule has 24 heavy (non-hydrogen) atoms. The maximum atomic E-state index is 12.7. The summed E-state index contributed by atoms with van der Waals surface area (Å²) in [6, 6.07) is 1.70. The zero-order chi connectivity index (χ0) is 17.5. The second kappa shape index (κ2) is 6.34. The maximum absolute atomic E-state index is 12.7. The van der Waals surface area contributed by atoms with Crippen molar-refractivity contribution in [2.24, 2.45) is 0 Å². The van der Waals surface area contributed by atoms with Crippen molar-refractivity contribution >= 4 is 31.9 Å². The predicted molar refractivity (Wildman–Crippen MR) is 89.1 cm³/mol. The Morgan fingerprint density at radius 3 is 2.46 bits per heavy atom. The van der Waals surface area contributed by atoms with Gasteiger partial charge in [-0.05, 0) is 35.8 Å². The molecule has 0 bridgehead atoms. The van der Waals surface area contributed by atoms with Crippen LogP contribution in [0.3, 0.4) is 0 Å². The number of nitrogens with zero attached hydrogens (tertiary/aromatic N) is 3. The average Bonchev–Trinajstić information content (AvgIpc) is 3.12. The van der Waals surface area contributed by atoms with E-state index < -0.39 is 10.0 Å². The summed E-state index contributed by atoms with van der Waals surface area (Å²) in [4.78, 5) is 17.0. The number of aryl methyl sites for hydroxylation is 2.